The lowest BCUT2D eigenvalue weighted by Crippen LogP contribution is -2.49. The molecule has 0 saturated carbocycles. The predicted octanol–water partition coefficient (Wildman–Crippen LogP) is 1.40. The van der Waals surface area contributed by atoms with E-state index >= 15 is 0 Å². The van der Waals surface area contributed by atoms with Crippen molar-refractivity contribution in [3.05, 3.63) is 35.9 Å². The van der Waals surface area contributed by atoms with Crippen molar-refractivity contribution >= 4 is 6.09 Å². The number of carbonyl (C=O) groups excluding carboxylic acids is 1. The molecule has 1 amide bonds. The molecule has 92 valence electrons. The van der Waals surface area contributed by atoms with Crippen LogP contribution in [0.5, 0.6) is 0 Å². The molecule has 1 aliphatic heterocycles. The first-order valence-electron chi connectivity index (χ1n) is 5.98. The second-order valence-electron chi connectivity index (χ2n) is 4.22. The van der Waals surface area contributed by atoms with Crippen LogP contribution in [0.2, 0.25) is 0 Å². The van der Waals surface area contributed by atoms with Crippen LogP contribution in [-0.4, -0.2) is 36.7 Å². The van der Waals surface area contributed by atoms with Crippen LogP contribution in [0.3, 0.4) is 0 Å². The van der Waals surface area contributed by atoms with Gasteiger partial charge in [-0.05, 0) is 12.0 Å². The average molecular weight is 234 g/mol. The van der Waals surface area contributed by atoms with Gasteiger partial charge >= 0.3 is 6.09 Å². The fourth-order valence-corrected chi connectivity index (χ4v) is 2.08. The fourth-order valence-electron chi connectivity index (χ4n) is 2.08. The summed E-state index contributed by atoms with van der Waals surface area (Å²) in [6, 6.07) is 10.2. The Labute approximate surface area is 101 Å². The second-order valence-corrected chi connectivity index (χ2v) is 4.22. The summed E-state index contributed by atoms with van der Waals surface area (Å²) in [6.45, 7) is 1.66. The molecule has 17 heavy (non-hydrogen) atoms. The molecule has 1 unspecified atom stereocenters. The summed E-state index contributed by atoms with van der Waals surface area (Å²) in [5, 5.41) is 0. The molecular weight excluding hydrogens is 216 g/mol. The lowest BCUT2D eigenvalue weighted by atomic mass is 10.1. The molecule has 0 aromatic heterocycles. The van der Waals surface area contributed by atoms with E-state index in [4.69, 9.17) is 10.5 Å². The van der Waals surface area contributed by atoms with Crippen molar-refractivity contribution in [2.24, 2.45) is 5.73 Å². The van der Waals surface area contributed by atoms with Gasteiger partial charge in [0.2, 0.25) is 0 Å². The van der Waals surface area contributed by atoms with Crippen LogP contribution in [0.4, 0.5) is 4.79 Å². The molecule has 1 aliphatic rings. The van der Waals surface area contributed by atoms with Gasteiger partial charge in [0.05, 0.1) is 12.6 Å². The Hall–Kier alpha value is -1.55. The number of rotatable bonds is 4. The highest BCUT2D eigenvalue weighted by Gasteiger charge is 2.27. The highest BCUT2D eigenvalue weighted by Crippen LogP contribution is 2.13. The molecule has 1 aromatic carbocycles. The Morgan fingerprint density at radius 3 is 2.82 bits per heavy atom. The van der Waals surface area contributed by atoms with E-state index in [2.05, 4.69) is 12.1 Å². The Morgan fingerprint density at radius 1 is 1.35 bits per heavy atom. The first-order valence-corrected chi connectivity index (χ1v) is 5.98. The van der Waals surface area contributed by atoms with Crippen LogP contribution < -0.4 is 5.73 Å². The van der Waals surface area contributed by atoms with Crippen LogP contribution in [-0.2, 0) is 11.2 Å². The first-order chi connectivity index (χ1) is 8.31. The summed E-state index contributed by atoms with van der Waals surface area (Å²) in [4.78, 5) is 13.4. The van der Waals surface area contributed by atoms with Crippen LogP contribution in [0.25, 0.3) is 0 Å². The van der Waals surface area contributed by atoms with E-state index in [-0.39, 0.29) is 12.1 Å². The Kier molecular flexibility index (Phi) is 3.98. The number of nitrogens with two attached hydrogens (primary N) is 1. The second kappa shape index (κ2) is 5.68. The van der Waals surface area contributed by atoms with Crippen LogP contribution >= 0.6 is 0 Å². The van der Waals surface area contributed by atoms with Gasteiger partial charge in [-0.25, -0.2) is 4.79 Å². The molecule has 2 rings (SSSR count). The molecule has 0 spiro atoms. The largest absolute Gasteiger partial charge is 0.449 e. The maximum absolute atomic E-state index is 11.6. The van der Waals surface area contributed by atoms with E-state index in [9.17, 15) is 4.79 Å². The van der Waals surface area contributed by atoms with E-state index in [1.807, 2.05) is 18.2 Å². The van der Waals surface area contributed by atoms with Gasteiger partial charge in [0.15, 0.2) is 0 Å². The zero-order chi connectivity index (χ0) is 12.1. The van der Waals surface area contributed by atoms with Crippen LogP contribution in [0, 0.1) is 0 Å². The Balaban J connectivity index is 1.94. The maximum atomic E-state index is 11.6. The summed E-state index contributed by atoms with van der Waals surface area (Å²) >= 11 is 0. The molecular formula is C13H18N2O2. The third-order valence-electron chi connectivity index (χ3n) is 3.11. The van der Waals surface area contributed by atoms with Gasteiger partial charge in [-0.1, -0.05) is 30.3 Å². The third kappa shape index (κ3) is 2.97. The molecule has 4 nitrogen and oxygen atoms in total. The number of amides is 1. The lowest BCUT2D eigenvalue weighted by molar-refractivity contribution is 0.0470. The zero-order valence-electron chi connectivity index (χ0n) is 9.84. The van der Waals surface area contributed by atoms with Crippen molar-refractivity contribution in [2.75, 3.05) is 19.7 Å². The highest BCUT2D eigenvalue weighted by atomic mass is 16.6. The van der Waals surface area contributed by atoms with Crippen LogP contribution in [0.15, 0.2) is 30.3 Å². The zero-order valence-corrected chi connectivity index (χ0v) is 9.84. The van der Waals surface area contributed by atoms with E-state index in [1.165, 1.54) is 5.56 Å². The van der Waals surface area contributed by atoms with Crippen molar-refractivity contribution in [3.63, 3.8) is 0 Å². The SMILES string of the molecule is NCC1CCOC(=O)N1CCc1ccccc1. The van der Waals surface area contributed by atoms with Gasteiger partial charge in [-0.15, -0.1) is 0 Å². The Bertz CT molecular complexity index is 367. The summed E-state index contributed by atoms with van der Waals surface area (Å²) in [5.74, 6) is 0. The van der Waals surface area contributed by atoms with Crippen molar-refractivity contribution < 1.29 is 9.53 Å². The minimum Gasteiger partial charge on any atom is -0.449 e. The highest BCUT2D eigenvalue weighted by molar-refractivity contribution is 5.68. The summed E-state index contributed by atoms with van der Waals surface area (Å²) in [5.41, 5.74) is 6.90. The molecule has 0 radical (unpaired) electrons. The number of ether oxygens (including phenoxy) is 1. The molecule has 1 atom stereocenters. The smallest absolute Gasteiger partial charge is 0.410 e. The molecule has 4 heteroatoms. The quantitative estimate of drug-likeness (QED) is 0.856. The van der Waals surface area contributed by atoms with Crippen molar-refractivity contribution in [2.45, 2.75) is 18.9 Å². The maximum Gasteiger partial charge on any atom is 0.410 e. The van der Waals surface area contributed by atoms with Gasteiger partial charge in [0.25, 0.3) is 0 Å². The number of nitrogens with zero attached hydrogens (tertiary/aromatic N) is 1. The van der Waals surface area contributed by atoms with E-state index in [1.54, 1.807) is 4.90 Å². The molecule has 0 bridgehead atoms. The molecule has 1 heterocycles. The first kappa shape index (κ1) is 11.9. The van der Waals surface area contributed by atoms with Crippen molar-refractivity contribution in [1.82, 2.24) is 4.90 Å². The fraction of sp³-hybridized carbons (Fsp3) is 0.462. The molecule has 0 aliphatic carbocycles. The standard InChI is InChI=1S/C13H18N2O2/c14-10-12-7-9-17-13(16)15(12)8-6-11-4-2-1-3-5-11/h1-5,12H,6-10,14H2. The van der Waals surface area contributed by atoms with Crippen molar-refractivity contribution in [3.8, 4) is 0 Å². The minimum absolute atomic E-state index is 0.125. The predicted molar refractivity (Wildman–Crippen MR) is 65.7 cm³/mol. The average Bonchev–Trinajstić information content (AvgIpc) is 2.38. The normalized spacial score (nSPS) is 20.2. The number of cyclic esters (lactones) is 1. The monoisotopic (exact) mass is 234 g/mol. The van der Waals surface area contributed by atoms with E-state index in [0.29, 0.717) is 19.7 Å². The summed E-state index contributed by atoms with van der Waals surface area (Å²) < 4.78 is 5.04. The summed E-state index contributed by atoms with van der Waals surface area (Å²) in [7, 11) is 0. The molecule has 1 aromatic rings. The minimum atomic E-state index is -0.234. The third-order valence-corrected chi connectivity index (χ3v) is 3.11. The van der Waals surface area contributed by atoms with Gasteiger partial charge < -0.3 is 15.4 Å². The van der Waals surface area contributed by atoms with Crippen molar-refractivity contribution in [1.29, 1.82) is 0 Å². The van der Waals surface area contributed by atoms with Gasteiger partial charge in [-0.2, -0.15) is 0 Å². The van der Waals surface area contributed by atoms with Crippen LogP contribution in [0.1, 0.15) is 12.0 Å². The van der Waals surface area contributed by atoms with Gasteiger partial charge in [-0.3, -0.25) is 0 Å². The van der Waals surface area contributed by atoms with Gasteiger partial charge in [0, 0.05) is 19.5 Å². The molecule has 1 saturated heterocycles. The number of carbonyl (C=O) groups is 1. The van der Waals surface area contributed by atoms with Gasteiger partial charge in [0.1, 0.15) is 0 Å². The number of hydrogen-bond acceptors (Lipinski definition) is 3. The Morgan fingerprint density at radius 2 is 2.12 bits per heavy atom. The van der Waals surface area contributed by atoms with E-state index in [0.717, 1.165) is 12.8 Å². The number of hydrogen-bond donors (Lipinski definition) is 1. The topological polar surface area (TPSA) is 55.6 Å². The lowest BCUT2D eigenvalue weighted by Gasteiger charge is -2.34. The summed E-state index contributed by atoms with van der Waals surface area (Å²) in [6.07, 6.45) is 1.44. The number of benzene rings is 1. The molecule has 2 N–H and O–H groups in total. The molecule has 1 fully saturated rings. The van der Waals surface area contributed by atoms with E-state index < -0.39 is 0 Å².